The number of aromatic carboxylic acids is 1. The maximum Gasteiger partial charge on any atom is 0.337 e. The van der Waals surface area contributed by atoms with Gasteiger partial charge in [-0.25, -0.2) is 9.78 Å². The minimum Gasteiger partial charge on any atom is -0.478 e. The number of aromatic nitrogens is 1. The molecule has 0 saturated carbocycles. The zero-order valence-corrected chi connectivity index (χ0v) is 10.3. The average Bonchev–Trinajstić information content (AvgIpc) is 2.45. The minimum absolute atomic E-state index is 0.0298. The lowest BCUT2D eigenvalue weighted by atomic mass is 10.2. The van der Waals surface area contributed by atoms with Crippen LogP contribution in [0, 0.1) is 10.1 Å². The van der Waals surface area contributed by atoms with Gasteiger partial charge in [0, 0.05) is 24.4 Å². The van der Waals surface area contributed by atoms with Crippen LogP contribution in [0.1, 0.15) is 15.9 Å². The summed E-state index contributed by atoms with van der Waals surface area (Å²) in [6.45, 7) is 0.233. The molecule has 1 heterocycles. The number of anilines is 1. The van der Waals surface area contributed by atoms with Gasteiger partial charge in [-0.15, -0.1) is 0 Å². The van der Waals surface area contributed by atoms with Gasteiger partial charge in [0.1, 0.15) is 5.82 Å². The summed E-state index contributed by atoms with van der Waals surface area (Å²) >= 11 is 0. The Hall–Kier alpha value is -2.96. The fourth-order valence-electron chi connectivity index (χ4n) is 1.65. The molecule has 102 valence electrons. The Morgan fingerprint density at radius 3 is 2.65 bits per heavy atom. The first-order chi connectivity index (χ1) is 9.58. The maximum absolute atomic E-state index is 10.8. The van der Waals surface area contributed by atoms with Crippen LogP contribution >= 0.6 is 0 Å². The third-order valence-corrected chi connectivity index (χ3v) is 2.66. The van der Waals surface area contributed by atoms with Gasteiger partial charge in [0.2, 0.25) is 0 Å². The Morgan fingerprint density at radius 2 is 2.05 bits per heavy atom. The number of hydrogen-bond acceptors (Lipinski definition) is 5. The van der Waals surface area contributed by atoms with Crippen LogP contribution in [0.5, 0.6) is 0 Å². The summed E-state index contributed by atoms with van der Waals surface area (Å²) in [4.78, 5) is 25.0. The maximum atomic E-state index is 10.8. The van der Waals surface area contributed by atoms with Crippen molar-refractivity contribution in [1.82, 2.24) is 4.98 Å². The summed E-state index contributed by atoms with van der Waals surface area (Å²) in [5.74, 6) is -0.601. The van der Waals surface area contributed by atoms with Crippen LogP contribution in [-0.2, 0) is 6.54 Å². The van der Waals surface area contributed by atoms with E-state index in [2.05, 4.69) is 10.3 Å². The second kappa shape index (κ2) is 5.79. The van der Waals surface area contributed by atoms with Gasteiger partial charge in [0.05, 0.1) is 10.5 Å². The van der Waals surface area contributed by atoms with Crippen molar-refractivity contribution in [3.63, 3.8) is 0 Å². The van der Waals surface area contributed by atoms with Crippen molar-refractivity contribution in [1.29, 1.82) is 0 Å². The van der Waals surface area contributed by atoms with E-state index in [1.165, 1.54) is 24.4 Å². The highest BCUT2D eigenvalue weighted by molar-refractivity contribution is 5.87. The number of pyridine rings is 1. The molecule has 7 heteroatoms. The topological polar surface area (TPSA) is 105 Å². The van der Waals surface area contributed by atoms with Gasteiger partial charge < -0.3 is 10.4 Å². The predicted molar refractivity (Wildman–Crippen MR) is 71.6 cm³/mol. The van der Waals surface area contributed by atoms with Crippen molar-refractivity contribution in [2.45, 2.75) is 6.54 Å². The van der Waals surface area contributed by atoms with Crippen molar-refractivity contribution in [3.05, 3.63) is 63.8 Å². The molecule has 0 aliphatic carbocycles. The quantitative estimate of drug-likeness (QED) is 0.639. The highest BCUT2D eigenvalue weighted by Gasteiger charge is 2.11. The molecule has 7 nitrogen and oxygen atoms in total. The number of carboxylic acid groups (broad SMARTS) is 1. The van der Waals surface area contributed by atoms with E-state index in [4.69, 9.17) is 5.11 Å². The van der Waals surface area contributed by atoms with Gasteiger partial charge in [0.25, 0.3) is 5.69 Å². The molecule has 0 aliphatic heterocycles. The normalized spacial score (nSPS) is 10.0. The zero-order valence-electron chi connectivity index (χ0n) is 10.3. The first-order valence-electron chi connectivity index (χ1n) is 5.73. The van der Waals surface area contributed by atoms with Gasteiger partial charge in [-0.05, 0) is 12.1 Å². The highest BCUT2D eigenvalue weighted by Crippen LogP contribution is 2.18. The fraction of sp³-hybridized carbons (Fsp3) is 0.0769. The summed E-state index contributed by atoms with van der Waals surface area (Å²) in [5, 5.41) is 22.5. The van der Waals surface area contributed by atoms with Crippen LogP contribution in [-0.4, -0.2) is 21.0 Å². The zero-order chi connectivity index (χ0) is 14.5. The number of nitro benzene ring substituents is 1. The number of nitro groups is 1. The summed E-state index contributed by atoms with van der Waals surface area (Å²) in [7, 11) is 0. The Morgan fingerprint density at radius 1 is 1.30 bits per heavy atom. The molecule has 2 rings (SSSR count). The second-order valence-corrected chi connectivity index (χ2v) is 3.98. The van der Waals surface area contributed by atoms with Crippen LogP contribution in [0.3, 0.4) is 0 Å². The lowest BCUT2D eigenvalue weighted by Gasteiger charge is -2.06. The fourth-order valence-corrected chi connectivity index (χ4v) is 1.65. The van der Waals surface area contributed by atoms with E-state index in [1.54, 1.807) is 18.2 Å². The summed E-state index contributed by atoms with van der Waals surface area (Å²) in [6, 6.07) is 9.32. The molecule has 0 fully saturated rings. The van der Waals surface area contributed by atoms with Crippen LogP contribution in [0.2, 0.25) is 0 Å². The Balaban J connectivity index is 2.09. The number of carboxylic acids is 1. The van der Waals surface area contributed by atoms with E-state index in [-0.39, 0.29) is 17.8 Å². The van der Waals surface area contributed by atoms with Crippen molar-refractivity contribution < 1.29 is 14.8 Å². The Labute approximate surface area is 114 Å². The van der Waals surface area contributed by atoms with E-state index < -0.39 is 10.9 Å². The van der Waals surface area contributed by atoms with Crippen LogP contribution in [0.25, 0.3) is 0 Å². The minimum atomic E-state index is -1.05. The molecule has 0 radical (unpaired) electrons. The number of nitrogens with one attached hydrogen (secondary N) is 1. The third-order valence-electron chi connectivity index (χ3n) is 2.66. The average molecular weight is 273 g/mol. The smallest absolute Gasteiger partial charge is 0.337 e. The van der Waals surface area contributed by atoms with Crippen molar-refractivity contribution in [3.8, 4) is 0 Å². The predicted octanol–water partition coefficient (Wildman–Crippen LogP) is 2.30. The van der Waals surface area contributed by atoms with Crippen molar-refractivity contribution >= 4 is 17.5 Å². The van der Waals surface area contributed by atoms with Gasteiger partial charge in [-0.3, -0.25) is 10.1 Å². The second-order valence-electron chi connectivity index (χ2n) is 3.98. The molecular formula is C13H11N3O4. The molecule has 2 N–H and O–H groups in total. The summed E-state index contributed by atoms with van der Waals surface area (Å²) in [6.07, 6.45) is 1.23. The first kappa shape index (κ1) is 13.5. The first-order valence-corrected chi connectivity index (χ1v) is 5.73. The van der Waals surface area contributed by atoms with Crippen molar-refractivity contribution in [2.24, 2.45) is 0 Å². The lowest BCUT2D eigenvalue weighted by Crippen LogP contribution is -2.05. The Kier molecular flexibility index (Phi) is 3.90. The number of hydrogen-bond donors (Lipinski definition) is 2. The largest absolute Gasteiger partial charge is 0.478 e. The lowest BCUT2D eigenvalue weighted by molar-refractivity contribution is -0.385. The molecule has 0 saturated heterocycles. The molecule has 0 spiro atoms. The van der Waals surface area contributed by atoms with Crippen LogP contribution < -0.4 is 5.32 Å². The van der Waals surface area contributed by atoms with E-state index in [1.807, 2.05) is 0 Å². The molecular weight excluding hydrogens is 262 g/mol. The van der Waals surface area contributed by atoms with E-state index in [0.717, 1.165) is 0 Å². The molecule has 0 amide bonds. The number of benzene rings is 1. The van der Waals surface area contributed by atoms with Gasteiger partial charge in [-0.2, -0.15) is 0 Å². The molecule has 0 aliphatic rings. The third kappa shape index (κ3) is 3.08. The summed E-state index contributed by atoms with van der Waals surface area (Å²) in [5.41, 5.74) is 0.644. The van der Waals surface area contributed by atoms with E-state index >= 15 is 0 Å². The number of para-hydroxylation sites is 1. The monoisotopic (exact) mass is 273 g/mol. The Bertz CT molecular complexity index is 640. The highest BCUT2D eigenvalue weighted by atomic mass is 16.6. The van der Waals surface area contributed by atoms with Gasteiger partial charge in [0.15, 0.2) is 0 Å². The van der Waals surface area contributed by atoms with Crippen molar-refractivity contribution in [2.75, 3.05) is 5.32 Å². The molecule has 0 unspecified atom stereocenters. The van der Waals surface area contributed by atoms with E-state index in [0.29, 0.717) is 11.4 Å². The number of carbonyl (C=O) groups is 1. The molecule has 20 heavy (non-hydrogen) atoms. The van der Waals surface area contributed by atoms with Crippen LogP contribution in [0.4, 0.5) is 11.5 Å². The molecule has 0 atom stereocenters. The molecule has 2 aromatic rings. The van der Waals surface area contributed by atoms with Gasteiger partial charge in [-0.1, -0.05) is 18.2 Å². The molecule has 1 aromatic carbocycles. The SMILES string of the molecule is O=C(O)c1ccc(NCc2ccccc2[N+](=O)[O-])nc1. The molecule has 1 aromatic heterocycles. The van der Waals surface area contributed by atoms with Crippen LogP contribution in [0.15, 0.2) is 42.6 Å². The van der Waals surface area contributed by atoms with Gasteiger partial charge >= 0.3 is 5.97 Å². The number of nitrogens with zero attached hydrogens (tertiary/aromatic N) is 2. The van der Waals surface area contributed by atoms with E-state index in [9.17, 15) is 14.9 Å². The number of rotatable bonds is 5. The standard InChI is InChI=1S/C13H11N3O4/c17-13(18)10-5-6-12(15-8-10)14-7-9-3-1-2-4-11(9)16(19)20/h1-6,8H,7H2,(H,14,15)(H,17,18). The molecule has 0 bridgehead atoms. The summed E-state index contributed by atoms with van der Waals surface area (Å²) < 4.78 is 0.